The number of anilines is 1. The van der Waals surface area contributed by atoms with E-state index in [1.165, 1.54) is 11.1 Å². The SMILES string of the molecule is CCNCc1cnc(N(C)C(C)C(C)C)c(C)c1. The van der Waals surface area contributed by atoms with E-state index in [0.29, 0.717) is 12.0 Å². The Labute approximate surface area is 112 Å². The van der Waals surface area contributed by atoms with E-state index in [4.69, 9.17) is 0 Å². The van der Waals surface area contributed by atoms with Gasteiger partial charge >= 0.3 is 0 Å². The standard InChI is InChI=1S/C15H27N3/c1-7-16-9-14-8-12(4)15(17-10-14)18(6)13(5)11(2)3/h8,10-11,13,16H,7,9H2,1-6H3. The van der Waals surface area contributed by atoms with Gasteiger partial charge in [-0.3, -0.25) is 0 Å². The minimum Gasteiger partial charge on any atom is -0.357 e. The molecule has 1 N–H and O–H groups in total. The van der Waals surface area contributed by atoms with Crippen LogP contribution in [0, 0.1) is 12.8 Å². The lowest BCUT2D eigenvalue weighted by molar-refractivity contribution is 0.502. The van der Waals surface area contributed by atoms with Crippen LogP contribution >= 0.6 is 0 Å². The summed E-state index contributed by atoms with van der Waals surface area (Å²) in [6, 6.07) is 2.73. The van der Waals surface area contributed by atoms with E-state index in [1.807, 2.05) is 6.20 Å². The van der Waals surface area contributed by atoms with Crippen LogP contribution in [-0.4, -0.2) is 24.6 Å². The average molecular weight is 249 g/mol. The van der Waals surface area contributed by atoms with Crippen molar-refractivity contribution < 1.29 is 0 Å². The maximum atomic E-state index is 4.62. The van der Waals surface area contributed by atoms with Crippen LogP contribution in [-0.2, 0) is 6.54 Å². The Morgan fingerprint density at radius 1 is 1.33 bits per heavy atom. The van der Waals surface area contributed by atoms with Crippen LogP contribution in [0.5, 0.6) is 0 Å². The Morgan fingerprint density at radius 3 is 2.50 bits per heavy atom. The number of nitrogens with zero attached hydrogens (tertiary/aromatic N) is 2. The van der Waals surface area contributed by atoms with Crippen LogP contribution in [0.1, 0.15) is 38.8 Å². The maximum Gasteiger partial charge on any atom is 0.131 e. The van der Waals surface area contributed by atoms with Gasteiger partial charge in [0.05, 0.1) is 0 Å². The van der Waals surface area contributed by atoms with Crippen LogP contribution < -0.4 is 10.2 Å². The number of hydrogen-bond acceptors (Lipinski definition) is 3. The summed E-state index contributed by atoms with van der Waals surface area (Å²) < 4.78 is 0. The highest BCUT2D eigenvalue weighted by Crippen LogP contribution is 2.21. The summed E-state index contributed by atoms with van der Waals surface area (Å²) in [6.07, 6.45) is 1.98. The fourth-order valence-corrected chi connectivity index (χ4v) is 2.00. The van der Waals surface area contributed by atoms with E-state index in [0.717, 1.165) is 18.9 Å². The third kappa shape index (κ3) is 3.70. The monoisotopic (exact) mass is 249 g/mol. The van der Waals surface area contributed by atoms with E-state index in [2.05, 4.69) is 62.9 Å². The lowest BCUT2D eigenvalue weighted by atomic mass is 10.0. The summed E-state index contributed by atoms with van der Waals surface area (Å²) in [4.78, 5) is 6.90. The minimum absolute atomic E-state index is 0.496. The molecule has 3 heteroatoms. The highest BCUT2D eigenvalue weighted by Gasteiger charge is 2.16. The second kappa shape index (κ2) is 6.74. The van der Waals surface area contributed by atoms with E-state index < -0.39 is 0 Å². The van der Waals surface area contributed by atoms with Gasteiger partial charge in [0.15, 0.2) is 0 Å². The fourth-order valence-electron chi connectivity index (χ4n) is 2.00. The van der Waals surface area contributed by atoms with Crippen molar-refractivity contribution in [3.05, 3.63) is 23.4 Å². The van der Waals surface area contributed by atoms with E-state index >= 15 is 0 Å². The molecule has 1 heterocycles. The Bertz CT molecular complexity index is 374. The molecule has 18 heavy (non-hydrogen) atoms. The summed E-state index contributed by atoms with van der Waals surface area (Å²) in [5.41, 5.74) is 2.50. The Balaban J connectivity index is 2.84. The summed E-state index contributed by atoms with van der Waals surface area (Å²) >= 11 is 0. The molecule has 0 aromatic carbocycles. The number of aromatic nitrogens is 1. The van der Waals surface area contributed by atoms with Gasteiger partial charge in [0.2, 0.25) is 0 Å². The second-order valence-electron chi connectivity index (χ2n) is 5.36. The van der Waals surface area contributed by atoms with Gasteiger partial charge in [0, 0.05) is 25.8 Å². The molecular formula is C15H27N3. The molecule has 0 fully saturated rings. The summed E-state index contributed by atoms with van der Waals surface area (Å²) in [7, 11) is 2.13. The maximum absolute atomic E-state index is 4.62. The van der Waals surface area contributed by atoms with Crippen LogP contribution in [0.3, 0.4) is 0 Å². The molecule has 1 rings (SSSR count). The predicted molar refractivity (Wildman–Crippen MR) is 79.1 cm³/mol. The highest BCUT2D eigenvalue weighted by molar-refractivity contribution is 5.47. The first-order chi connectivity index (χ1) is 8.47. The first-order valence-corrected chi connectivity index (χ1v) is 6.86. The summed E-state index contributed by atoms with van der Waals surface area (Å²) in [5.74, 6) is 1.72. The molecule has 0 aliphatic carbocycles. The van der Waals surface area contributed by atoms with Gasteiger partial charge in [-0.2, -0.15) is 0 Å². The molecular weight excluding hydrogens is 222 g/mol. The number of aryl methyl sites for hydroxylation is 1. The van der Waals surface area contributed by atoms with Crippen molar-refractivity contribution in [3.8, 4) is 0 Å². The number of pyridine rings is 1. The molecule has 0 radical (unpaired) electrons. The van der Waals surface area contributed by atoms with Gasteiger partial charge in [-0.1, -0.05) is 20.8 Å². The van der Waals surface area contributed by atoms with Crippen molar-refractivity contribution in [2.75, 3.05) is 18.5 Å². The molecule has 0 spiro atoms. The van der Waals surface area contributed by atoms with Crippen molar-refractivity contribution in [2.24, 2.45) is 5.92 Å². The van der Waals surface area contributed by atoms with Crippen molar-refractivity contribution in [3.63, 3.8) is 0 Å². The molecule has 0 saturated heterocycles. The van der Waals surface area contributed by atoms with Crippen LogP contribution in [0.4, 0.5) is 5.82 Å². The zero-order chi connectivity index (χ0) is 13.7. The van der Waals surface area contributed by atoms with Gasteiger partial charge in [-0.25, -0.2) is 4.98 Å². The van der Waals surface area contributed by atoms with E-state index in [-0.39, 0.29) is 0 Å². The molecule has 0 bridgehead atoms. The second-order valence-corrected chi connectivity index (χ2v) is 5.36. The fraction of sp³-hybridized carbons (Fsp3) is 0.667. The largest absolute Gasteiger partial charge is 0.357 e. The zero-order valence-electron chi connectivity index (χ0n) is 12.6. The lowest BCUT2D eigenvalue weighted by Gasteiger charge is -2.30. The van der Waals surface area contributed by atoms with Gasteiger partial charge in [-0.15, -0.1) is 0 Å². The molecule has 1 aromatic rings. The third-order valence-electron chi connectivity index (χ3n) is 3.60. The van der Waals surface area contributed by atoms with Gasteiger partial charge in [-0.05, 0) is 43.5 Å². The lowest BCUT2D eigenvalue weighted by Crippen LogP contribution is -2.34. The zero-order valence-corrected chi connectivity index (χ0v) is 12.6. The summed E-state index contributed by atoms with van der Waals surface area (Å²) in [6.45, 7) is 12.9. The predicted octanol–water partition coefficient (Wildman–Crippen LogP) is 2.98. The molecule has 0 amide bonds. The molecule has 0 aliphatic rings. The molecule has 3 nitrogen and oxygen atoms in total. The van der Waals surface area contributed by atoms with Gasteiger partial charge in [0.25, 0.3) is 0 Å². The number of nitrogens with one attached hydrogen (secondary N) is 1. The molecule has 1 aromatic heterocycles. The van der Waals surface area contributed by atoms with Crippen LogP contribution in [0.15, 0.2) is 12.3 Å². The van der Waals surface area contributed by atoms with Crippen molar-refractivity contribution >= 4 is 5.82 Å². The van der Waals surface area contributed by atoms with Crippen LogP contribution in [0.2, 0.25) is 0 Å². The minimum atomic E-state index is 0.496. The van der Waals surface area contributed by atoms with E-state index in [9.17, 15) is 0 Å². The first kappa shape index (κ1) is 15.0. The quantitative estimate of drug-likeness (QED) is 0.840. The topological polar surface area (TPSA) is 28.2 Å². The average Bonchev–Trinajstić information content (AvgIpc) is 2.34. The Morgan fingerprint density at radius 2 is 2.00 bits per heavy atom. The highest BCUT2D eigenvalue weighted by atomic mass is 15.2. The van der Waals surface area contributed by atoms with Crippen molar-refractivity contribution in [1.82, 2.24) is 10.3 Å². The first-order valence-electron chi connectivity index (χ1n) is 6.86. The summed E-state index contributed by atoms with van der Waals surface area (Å²) in [5, 5.41) is 3.33. The number of rotatable bonds is 6. The van der Waals surface area contributed by atoms with Crippen LogP contribution in [0.25, 0.3) is 0 Å². The molecule has 1 atom stereocenters. The van der Waals surface area contributed by atoms with Gasteiger partial charge in [0.1, 0.15) is 5.82 Å². The third-order valence-corrected chi connectivity index (χ3v) is 3.60. The van der Waals surface area contributed by atoms with E-state index in [1.54, 1.807) is 0 Å². The molecule has 0 aliphatic heterocycles. The van der Waals surface area contributed by atoms with Crippen molar-refractivity contribution in [2.45, 2.75) is 47.2 Å². The Hall–Kier alpha value is -1.09. The normalized spacial score (nSPS) is 12.8. The molecule has 0 saturated carbocycles. The smallest absolute Gasteiger partial charge is 0.131 e. The number of hydrogen-bond donors (Lipinski definition) is 1. The molecule has 1 unspecified atom stereocenters. The van der Waals surface area contributed by atoms with Gasteiger partial charge < -0.3 is 10.2 Å². The molecule has 102 valence electrons. The Kier molecular flexibility index (Phi) is 5.60. The van der Waals surface area contributed by atoms with Crippen molar-refractivity contribution in [1.29, 1.82) is 0 Å².